The number of hydrogen-bond donors (Lipinski definition) is 2. The molecule has 0 aliphatic carbocycles. The molecule has 0 spiro atoms. The van der Waals surface area contributed by atoms with Gasteiger partial charge in [-0.1, -0.05) is 18.2 Å². The van der Waals surface area contributed by atoms with E-state index in [-0.39, 0.29) is 6.04 Å². The molecule has 0 fully saturated rings. The molecule has 1 aromatic heterocycles. The number of rotatable bonds is 3. The molecule has 5 heteroatoms. The van der Waals surface area contributed by atoms with Crippen molar-refractivity contribution in [3.63, 3.8) is 0 Å². The van der Waals surface area contributed by atoms with Gasteiger partial charge in [0.2, 0.25) is 0 Å². The highest BCUT2D eigenvalue weighted by molar-refractivity contribution is 9.10. The van der Waals surface area contributed by atoms with Crippen molar-refractivity contribution in [3.05, 3.63) is 57.5 Å². The molecular weight excluding hydrogens is 296 g/mol. The topological polar surface area (TPSA) is 60.4 Å². The van der Waals surface area contributed by atoms with E-state index in [2.05, 4.69) is 33.5 Å². The summed E-state index contributed by atoms with van der Waals surface area (Å²) in [7, 11) is 0. The molecule has 1 unspecified atom stereocenters. The van der Waals surface area contributed by atoms with Crippen LogP contribution in [-0.4, -0.2) is 0 Å². The zero-order valence-electron chi connectivity index (χ0n) is 9.65. The van der Waals surface area contributed by atoms with Gasteiger partial charge in [0.1, 0.15) is 11.8 Å². The summed E-state index contributed by atoms with van der Waals surface area (Å²) in [5.41, 5.74) is 6.32. The average molecular weight is 309 g/mol. The zero-order valence-corrected chi connectivity index (χ0v) is 11.2. The average Bonchev–Trinajstić information content (AvgIpc) is 2.99. The maximum absolute atomic E-state index is 5.65. The van der Waals surface area contributed by atoms with E-state index < -0.39 is 0 Å². The number of hydrazine groups is 1. The summed E-state index contributed by atoms with van der Waals surface area (Å²) in [6.45, 7) is 1.36. The van der Waals surface area contributed by atoms with Crippen LogP contribution >= 0.6 is 15.9 Å². The molecule has 4 nitrogen and oxygen atoms in total. The molecule has 1 aliphatic heterocycles. The first kappa shape index (κ1) is 11.9. The van der Waals surface area contributed by atoms with E-state index in [9.17, 15) is 0 Å². The van der Waals surface area contributed by atoms with Crippen molar-refractivity contribution in [2.75, 3.05) is 0 Å². The van der Waals surface area contributed by atoms with Gasteiger partial charge in [-0.2, -0.15) is 0 Å². The monoisotopic (exact) mass is 308 g/mol. The molecular formula is C13H13BrN2O2. The largest absolute Gasteiger partial charge is 0.466 e. The van der Waals surface area contributed by atoms with Crippen molar-refractivity contribution >= 4 is 15.9 Å². The quantitative estimate of drug-likeness (QED) is 0.676. The van der Waals surface area contributed by atoms with Crippen LogP contribution in [-0.2, 0) is 18.0 Å². The van der Waals surface area contributed by atoms with Gasteiger partial charge >= 0.3 is 0 Å². The van der Waals surface area contributed by atoms with Crippen molar-refractivity contribution in [1.29, 1.82) is 0 Å². The van der Waals surface area contributed by atoms with Gasteiger partial charge in [-0.25, -0.2) is 5.43 Å². The van der Waals surface area contributed by atoms with Crippen LogP contribution in [0.15, 0.2) is 39.4 Å². The lowest BCUT2D eigenvalue weighted by molar-refractivity contribution is 0.134. The van der Waals surface area contributed by atoms with E-state index in [1.165, 1.54) is 11.1 Å². The third-order valence-electron chi connectivity index (χ3n) is 3.15. The predicted molar refractivity (Wildman–Crippen MR) is 70.5 cm³/mol. The van der Waals surface area contributed by atoms with E-state index in [0.29, 0.717) is 13.2 Å². The highest BCUT2D eigenvalue weighted by atomic mass is 79.9. The van der Waals surface area contributed by atoms with Gasteiger partial charge in [0.05, 0.1) is 23.9 Å². The fourth-order valence-corrected chi connectivity index (χ4v) is 2.64. The molecule has 0 saturated carbocycles. The summed E-state index contributed by atoms with van der Waals surface area (Å²) >= 11 is 3.45. The third kappa shape index (κ3) is 1.99. The zero-order chi connectivity index (χ0) is 12.5. The summed E-state index contributed by atoms with van der Waals surface area (Å²) in [6, 6.07) is 7.93. The number of nitrogens with two attached hydrogens (primary N) is 1. The Balaban J connectivity index is 2.00. The Kier molecular flexibility index (Phi) is 3.22. The maximum Gasteiger partial charge on any atom is 0.140 e. The lowest BCUT2D eigenvalue weighted by Crippen LogP contribution is -2.28. The van der Waals surface area contributed by atoms with Crippen LogP contribution in [0.5, 0.6) is 0 Å². The molecule has 3 N–H and O–H groups in total. The molecule has 0 radical (unpaired) electrons. The summed E-state index contributed by atoms with van der Waals surface area (Å²) < 4.78 is 11.8. The third-order valence-corrected chi connectivity index (χ3v) is 3.81. The number of hydrogen-bond acceptors (Lipinski definition) is 4. The van der Waals surface area contributed by atoms with Gasteiger partial charge in [0.15, 0.2) is 0 Å². The van der Waals surface area contributed by atoms with Gasteiger partial charge in [-0.3, -0.25) is 5.84 Å². The second-order valence-electron chi connectivity index (χ2n) is 4.25. The molecule has 2 aromatic rings. The maximum atomic E-state index is 5.65. The summed E-state index contributed by atoms with van der Waals surface area (Å²) in [4.78, 5) is 0. The van der Waals surface area contributed by atoms with E-state index in [1.54, 1.807) is 6.26 Å². The molecule has 0 saturated heterocycles. The van der Waals surface area contributed by atoms with Gasteiger partial charge in [0.25, 0.3) is 0 Å². The normalized spacial score (nSPS) is 15.7. The molecule has 1 aliphatic rings. The number of nitrogens with one attached hydrogen (secondary N) is 1. The number of benzene rings is 1. The molecule has 3 rings (SSSR count). The smallest absolute Gasteiger partial charge is 0.140 e. The molecule has 18 heavy (non-hydrogen) atoms. The standard InChI is InChI=1S/C13H13BrN2O2/c14-11-3-4-18-13(11)12(16-15)8-1-2-9-6-17-7-10(9)5-8/h1-5,12,16H,6-7,15H2. The van der Waals surface area contributed by atoms with Crippen molar-refractivity contribution in [2.45, 2.75) is 19.3 Å². The van der Waals surface area contributed by atoms with Crippen LogP contribution in [0, 0.1) is 0 Å². The summed E-state index contributed by atoms with van der Waals surface area (Å²) in [5.74, 6) is 6.42. The minimum atomic E-state index is -0.166. The predicted octanol–water partition coefficient (Wildman–Crippen LogP) is 2.63. The Labute approximate surface area is 113 Å². The van der Waals surface area contributed by atoms with E-state index in [0.717, 1.165) is 15.8 Å². The Morgan fingerprint density at radius 2 is 2.06 bits per heavy atom. The van der Waals surface area contributed by atoms with Gasteiger partial charge in [-0.15, -0.1) is 0 Å². The van der Waals surface area contributed by atoms with Crippen molar-refractivity contribution in [3.8, 4) is 0 Å². The molecule has 1 atom stereocenters. The fourth-order valence-electron chi connectivity index (χ4n) is 2.21. The Hall–Kier alpha value is -1.14. The van der Waals surface area contributed by atoms with Crippen LogP contribution in [0.3, 0.4) is 0 Å². The minimum Gasteiger partial charge on any atom is -0.466 e. The lowest BCUT2D eigenvalue weighted by Gasteiger charge is -2.15. The molecule has 0 amide bonds. The molecule has 0 bridgehead atoms. The van der Waals surface area contributed by atoms with Crippen molar-refractivity contribution < 1.29 is 9.15 Å². The minimum absolute atomic E-state index is 0.166. The fraction of sp³-hybridized carbons (Fsp3) is 0.231. The number of furan rings is 1. The van der Waals surface area contributed by atoms with Crippen LogP contribution in [0.2, 0.25) is 0 Å². The Bertz CT molecular complexity index is 568. The van der Waals surface area contributed by atoms with Crippen molar-refractivity contribution in [1.82, 2.24) is 5.43 Å². The second-order valence-corrected chi connectivity index (χ2v) is 5.11. The SMILES string of the molecule is NNC(c1ccc2c(c1)COC2)c1occc1Br. The van der Waals surface area contributed by atoms with E-state index in [4.69, 9.17) is 15.0 Å². The molecule has 94 valence electrons. The highest BCUT2D eigenvalue weighted by Crippen LogP contribution is 2.31. The molecule has 2 heterocycles. The van der Waals surface area contributed by atoms with Crippen LogP contribution in [0.4, 0.5) is 0 Å². The number of fused-ring (bicyclic) bond motifs is 1. The number of halogens is 1. The van der Waals surface area contributed by atoms with E-state index >= 15 is 0 Å². The summed E-state index contributed by atoms with van der Waals surface area (Å²) in [6.07, 6.45) is 1.64. The second kappa shape index (κ2) is 4.85. The van der Waals surface area contributed by atoms with Crippen LogP contribution in [0.25, 0.3) is 0 Å². The number of ether oxygens (including phenoxy) is 1. The first-order chi connectivity index (χ1) is 8.79. The Morgan fingerprint density at radius 1 is 1.22 bits per heavy atom. The van der Waals surface area contributed by atoms with Crippen LogP contribution < -0.4 is 11.3 Å². The Morgan fingerprint density at radius 3 is 2.78 bits per heavy atom. The lowest BCUT2D eigenvalue weighted by atomic mass is 10.00. The van der Waals surface area contributed by atoms with Gasteiger partial charge in [0, 0.05) is 0 Å². The van der Waals surface area contributed by atoms with Crippen molar-refractivity contribution in [2.24, 2.45) is 5.84 Å². The highest BCUT2D eigenvalue weighted by Gasteiger charge is 2.21. The van der Waals surface area contributed by atoms with Gasteiger partial charge < -0.3 is 9.15 Å². The first-order valence-corrected chi connectivity index (χ1v) is 6.47. The van der Waals surface area contributed by atoms with Gasteiger partial charge in [-0.05, 0) is 38.7 Å². The summed E-state index contributed by atoms with van der Waals surface area (Å²) in [5, 5.41) is 0. The van der Waals surface area contributed by atoms with Crippen LogP contribution in [0.1, 0.15) is 28.5 Å². The van der Waals surface area contributed by atoms with E-state index in [1.807, 2.05) is 12.1 Å². The first-order valence-electron chi connectivity index (χ1n) is 5.68. The molecule has 1 aromatic carbocycles.